The molecule has 1 aromatic carbocycles. The molecule has 0 radical (unpaired) electrons. The van der Waals surface area contributed by atoms with Crippen LogP contribution in [-0.2, 0) is 9.59 Å². The van der Waals surface area contributed by atoms with Gasteiger partial charge in [-0.3, -0.25) is 14.4 Å². The highest BCUT2D eigenvalue weighted by atomic mass is 16.5. The van der Waals surface area contributed by atoms with Crippen molar-refractivity contribution < 1.29 is 19.1 Å². The summed E-state index contributed by atoms with van der Waals surface area (Å²) in [7, 11) is 0. The summed E-state index contributed by atoms with van der Waals surface area (Å²) in [6.07, 6.45) is 4.43. The summed E-state index contributed by atoms with van der Waals surface area (Å²) in [5, 5.41) is 2.82. The maximum atomic E-state index is 12.3. The van der Waals surface area contributed by atoms with Crippen molar-refractivity contribution in [3.05, 3.63) is 29.8 Å². The predicted molar refractivity (Wildman–Crippen MR) is 93.1 cm³/mol. The average Bonchev–Trinajstić information content (AvgIpc) is 2.81. The van der Waals surface area contributed by atoms with Crippen LogP contribution in [0.5, 0.6) is 5.75 Å². The normalized spacial score (nSPS) is 14.7. The molecule has 136 valence electrons. The molecular formula is C18H25N3O4. The van der Waals surface area contributed by atoms with Gasteiger partial charge >= 0.3 is 0 Å². The largest absolute Gasteiger partial charge is 0.483 e. The van der Waals surface area contributed by atoms with Gasteiger partial charge in [0.15, 0.2) is 6.61 Å². The molecule has 0 bridgehead atoms. The summed E-state index contributed by atoms with van der Waals surface area (Å²) in [6, 6.07) is 6.69. The highest BCUT2D eigenvalue weighted by molar-refractivity contribution is 5.97. The van der Waals surface area contributed by atoms with E-state index >= 15 is 0 Å². The Kier molecular flexibility index (Phi) is 7.25. The Balaban J connectivity index is 1.80. The van der Waals surface area contributed by atoms with Crippen molar-refractivity contribution in [2.75, 3.05) is 26.2 Å². The zero-order chi connectivity index (χ0) is 18.1. The third kappa shape index (κ3) is 6.10. The number of carbonyl (C=O) groups is 3. The topological polar surface area (TPSA) is 102 Å². The number of hydrogen-bond donors (Lipinski definition) is 2. The van der Waals surface area contributed by atoms with E-state index in [2.05, 4.69) is 5.32 Å². The maximum Gasteiger partial charge on any atom is 0.255 e. The Labute approximate surface area is 147 Å². The number of primary amides is 1. The molecule has 0 unspecified atom stereocenters. The minimum Gasteiger partial charge on any atom is -0.483 e. The fourth-order valence-electron chi connectivity index (χ4n) is 2.77. The maximum absolute atomic E-state index is 12.3. The zero-order valence-corrected chi connectivity index (χ0v) is 14.3. The van der Waals surface area contributed by atoms with Gasteiger partial charge in [-0.25, -0.2) is 0 Å². The molecular weight excluding hydrogens is 322 g/mol. The highest BCUT2D eigenvalue weighted by Gasteiger charge is 2.16. The molecule has 0 atom stereocenters. The van der Waals surface area contributed by atoms with Gasteiger partial charge in [0.1, 0.15) is 5.75 Å². The fraction of sp³-hybridized carbons (Fsp3) is 0.500. The molecule has 1 heterocycles. The number of nitrogens with one attached hydrogen (secondary N) is 1. The second-order valence-electron chi connectivity index (χ2n) is 6.05. The molecule has 25 heavy (non-hydrogen) atoms. The Hall–Kier alpha value is -2.57. The summed E-state index contributed by atoms with van der Waals surface area (Å²) in [5.74, 6) is -0.352. The second kappa shape index (κ2) is 9.66. The van der Waals surface area contributed by atoms with Crippen molar-refractivity contribution in [3.63, 3.8) is 0 Å². The number of nitrogens with zero attached hydrogens (tertiary/aromatic N) is 1. The molecule has 1 aliphatic rings. The molecule has 0 aromatic heterocycles. The van der Waals surface area contributed by atoms with Crippen LogP contribution in [0, 0.1) is 0 Å². The predicted octanol–water partition coefficient (Wildman–Crippen LogP) is 1.07. The fourth-order valence-corrected chi connectivity index (χ4v) is 2.77. The van der Waals surface area contributed by atoms with Crippen LogP contribution in [0.1, 0.15) is 42.5 Å². The summed E-state index contributed by atoms with van der Waals surface area (Å²) in [6.45, 7) is 1.64. The molecule has 0 spiro atoms. The average molecular weight is 347 g/mol. The van der Waals surface area contributed by atoms with E-state index in [9.17, 15) is 14.4 Å². The van der Waals surface area contributed by atoms with Gasteiger partial charge in [-0.15, -0.1) is 0 Å². The number of benzene rings is 1. The van der Waals surface area contributed by atoms with Crippen molar-refractivity contribution in [2.45, 2.75) is 32.1 Å². The monoisotopic (exact) mass is 347 g/mol. The standard InChI is InChI=1S/C18H25N3O4/c19-16(22)13-25-15-8-4-3-7-14(15)18(24)20-10-6-12-21-11-5-1-2-9-17(21)23/h3-4,7-8H,1-2,5-6,9-13H2,(H2,19,22)(H,20,24). The van der Waals surface area contributed by atoms with Gasteiger partial charge in [0.05, 0.1) is 5.56 Å². The van der Waals surface area contributed by atoms with Gasteiger partial charge in [0.25, 0.3) is 11.8 Å². The molecule has 1 fully saturated rings. The molecule has 1 aliphatic heterocycles. The number of ether oxygens (including phenoxy) is 1. The molecule has 0 saturated carbocycles. The first kappa shape index (κ1) is 18.8. The highest BCUT2D eigenvalue weighted by Crippen LogP contribution is 2.17. The number of carbonyl (C=O) groups excluding carboxylic acids is 3. The lowest BCUT2D eigenvalue weighted by Crippen LogP contribution is -2.34. The third-order valence-electron chi connectivity index (χ3n) is 4.06. The van der Waals surface area contributed by atoms with Gasteiger partial charge in [-0.05, 0) is 31.4 Å². The summed E-state index contributed by atoms with van der Waals surface area (Å²) < 4.78 is 5.26. The van der Waals surface area contributed by atoms with E-state index in [4.69, 9.17) is 10.5 Å². The Morgan fingerprint density at radius 3 is 2.80 bits per heavy atom. The number of amides is 3. The van der Waals surface area contributed by atoms with E-state index in [1.165, 1.54) is 0 Å². The smallest absolute Gasteiger partial charge is 0.255 e. The Morgan fingerprint density at radius 2 is 2.00 bits per heavy atom. The summed E-state index contributed by atoms with van der Waals surface area (Å²) in [5.41, 5.74) is 5.42. The molecule has 2 rings (SSSR count). The first-order chi connectivity index (χ1) is 12.1. The van der Waals surface area contributed by atoms with E-state index in [1.807, 2.05) is 4.90 Å². The van der Waals surface area contributed by atoms with Crippen molar-refractivity contribution in [1.82, 2.24) is 10.2 Å². The molecule has 3 amide bonds. The number of hydrogen-bond acceptors (Lipinski definition) is 4. The third-order valence-corrected chi connectivity index (χ3v) is 4.06. The quantitative estimate of drug-likeness (QED) is 0.687. The molecule has 7 heteroatoms. The SMILES string of the molecule is NC(=O)COc1ccccc1C(=O)NCCCN1CCCCCC1=O. The van der Waals surface area contributed by atoms with Crippen molar-refractivity contribution >= 4 is 17.7 Å². The van der Waals surface area contributed by atoms with Crippen molar-refractivity contribution in [1.29, 1.82) is 0 Å². The van der Waals surface area contributed by atoms with Crippen LogP contribution in [0.15, 0.2) is 24.3 Å². The number of rotatable bonds is 8. The Bertz CT molecular complexity index is 618. The van der Waals surface area contributed by atoms with E-state index in [0.29, 0.717) is 37.2 Å². The van der Waals surface area contributed by atoms with Gasteiger partial charge in [0.2, 0.25) is 5.91 Å². The van der Waals surface area contributed by atoms with Crippen LogP contribution in [0.2, 0.25) is 0 Å². The van der Waals surface area contributed by atoms with Crippen LogP contribution in [-0.4, -0.2) is 48.9 Å². The lowest BCUT2D eigenvalue weighted by atomic mass is 10.2. The van der Waals surface area contributed by atoms with Gasteiger partial charge in [0, 0.05) is 26.1 Å². The van der Waals surface area contributed by atoms with Crippen molar-refractivity contribution in [2.24, 2.45) is 5.73 Å². The second-order valence-corrected chi connectivity index (χ2v) is 6.05. The Morgan fingerprint density at radius 1 is 1.20 bits per heavy atom. The van der Waals surface area contributed by atoms with Gasteiger partial charge in [-0.2, -0.15) is 0 Å². The number of nitrogens with two attached hydrogens (primary N) is 1. The zero-order valence-electron chi connectivity index (χ0n) is 14.3. The summed E-state index contributed by atoms with van der Waals surface area (Å²) in [4.78, 5) is 36.9. The van der Waals surface area contributed by atoms with E-state index in [0.717, 1.165) is 25.8 Å². The van der Waals surface area contributed by atoms with E-state index < -0.39 is 5.91 Å². The minimum absolute atomic E-state index is 0.203. The number of para-hydroxylation sites is 1. The lowest BCUT2D eigenvalue weighted by molar-refractivity contribution is -0.130. The van der Waals surface area contributed by atoms with Gasteiger partial charge in [-0.1, -0.05) is 18.6 Å². The van der Waals surface area contributed by atoms with Crippen LogP contribution in [0.25, 0.3) is 0 Å². The van der Waals surface area contributed by atoms with Crippen LogP contribution >= 0.6 is 0 Å². The molecule has 1 saturated heterocycles. The number of likely N-dealkylation sites (tertiary alicyclic amines) is 1. The minimum atomic E-state index is -0.600. The molecule has 3 N–H and O–H groups in total. The van der Waals surface area contributed by atoms with Crippen LogP contribution in [0.4, 0.5) is 0 Å². The first-order valence-corrected chi connectivity index (χ1v) is 8.64. The van der Waals surface area contributed by atoms with Crippen LogP contribution in [0.3, 0.4) is 0 Å². The van der Waals surface area contributed by atoms with Crippen molar-refractivity contribution in [3.8, 4) is 5.75 Å². The molecule has 7 nitrogen and oxygen atoms in total. The van der Waals surface area contributed by atoms with Gasteiger partial charge < -0.3 is 20.7 Å². The summed E-state index contributed by atoms with van der Waals surface area (Å²) >= 11 is 0. The molecule has 1 aromatic rings. The first-order valence-electron chi connectivity index (χ1n) is 8.64. The lowest BCUT2D eigenvalue weighted by Gasteiger charge is -2.20. The molecule has 0 aliphatic carbocycles. The van der Waals surface area contributed by atoms with E-state index in [-0.39, 0.29) is 18.4 Å². The van der Waals surface area contributed by atoms with E-state index in [1.54, 1.807) is 24.3 Å². The van der Waals surface area contributed by atoms with Crippen LogP contribution < -0.4 is 15.8 Å².